The van der Waals surface area contributed by atoms with Crippen molar-refractivity contribution in [3.63, 3.8) is 0 Å². The van der Waals surface area contributed by atoms with Gasteiger partial charge in [-0.1, -0.05) is 12.8 Å². The molecule has 0 bridgehead atoms. The van der Waals surface area contributed by atoms with Gasteiger partial charge in [0.15, 0.2) is 0 Å². The van der Waals surface area contributed by atoms with Crippen LogP contribution in [0.4, 0.5) is 0 Å². The number of carbonyl (C=O) groups excluding carboxylic acids is 2. The van der Waals surface area contributed by atoms with E-state index < -0.39 is 12.7 Å². The van der Waals surface area contributed by atoms with Crippen LogP contribution < -0.4 is 0 Å². The zero-order chi connectivity index (χ0) is 11.7. The summed E-state index contributed by atoms with van der Waals surface area (Å²) in [4.78, 5) is 25.0. The highest BCUT2D eigenvalue weighted by molar-refractivity contribution is 6.05. The molecule has 5 nitrogen and oxygen atoms in total. The van der Waals surface area contributed by atoms with Gasteiger partial charge in [-0.15, -0.1) is 0 Å². The van der Waals surface area contributed by atoms with Gasteiger partial charge in [0.2, 0.25) is 11.8 Å². The summed E-state index contributed by atoms with van der Waals surface area (Å²) in [7, 11) is 0. The molecule has 0 aromatic carbocycles. The predicted molar refractivity (Wildman–Crippen MR) is 55.3 cm³/mol. The van der Waals surface area contributed by atoms with Crippen LogP contribution in [0, 0.1) is 11.8 Å². The monoisotopic (exact) mass is 227 g/mol. The molecule has 2 fully saturated rings. The minimum absolute atomic E-state index is 0.0683. The van der Waals surface area contributed by atoms with Crippen LogP contribution in [0.1, 0.15) is 25.7 Å². The molecule has 0 aromatic rings. The molecule has 3 unspecified atom stereocenters. The smallest absolute Gasteiger partial charge is 0.233 e. The number of imide groups is 1. The number of rotatable bonds is 3. The molecule has 2 N–H and O–H groups in total. The number of aliphatic hydroxyl groups is 2. The number of aliphatic hydroxyl groups excluding tert-OH is 2. The van der Waals surface area contributed by atoms with E-state index in [4.69, 9.17) is 5.11 Å². The normalized spacial score (nSPS) is 31.8. The molecular formula is C11H17NO4. The van der Waals surface area contributed by atoms with E-state index in [0.29, 0.717) is 0 Å². The lowest BCUT2D eigenvalue weighted by Crippen LogP contribution is -2.39. The molecule has 1 saturated heterocycles. The number of amides is 2. The van der Waals surface area contributed by atoms with Gasteiger partial charge in [0.1, 0.15) is 0 Å². The van der Waals surface area contributed by atoms with Crippen LogP contribution in [0.3, 0.4) is 0 Å². The average molecular weight is 227 g/mol. The van der Waals surface area contributed by atoms with E-state index in [2.05, 4.69) is 0 Å². The first-order valence-corrected chi connectivity index (χ1v) is 5.79. The Bertz CT molecular complexity index is 280. The van der Waals surface area contributed by atoms with Crippen molar-refractivity contribution in [2.75, 3.05) is 13.2 Å². The Morgan fingerprint density at radius 2 is 1.69 bits per heavy atom. The van der Waals surface area contributed by atoms with Gasteiger partial charge in [0, 0.05) is 0 Å². The van der Waals surface area contributed by atoms with Crippen LogP contribution in [0.5, 0.6) is 0 Å². The maximum absolute atomic E-state index is 11.9. The standard InChI is InChI=1S/C11H17NO4/c13-6-7(14)5-12-10(15)8-3-1-2-4-9(8)11(12)16/h7-9,13-14H,1-6H2. The van der Waals surface area contributed by atoms with Crippen LogP contribution in [0.25, 0.3) is 0 Å². The summed E-state index contributed by atoms with van der Waals surface area (Å²) in [5.74, 6) is -0.677. The van der Waals surface area contributed by atoms with Gasteiger partial charge in [0.05, 0.1) is 31.1 Å². The van der Waals surface area contributed by atoms with E-state index in [1.165, 1.54) is 0 Å². The molecular weight excluding hydrogens is 210 g/mol. The van der Waals surface area contributed by atoms with Crippen LogP contribution in [-0.2, 0) is 9.59 Å². The van der Waals surface area contributed by atoms with Crippen molar-refractivity contribution < 1.29 is 19.8 Å². The zero-order valence-electron chi connectivity index (χ0n) is 9.13. The average Bonchev–Trinajstić information content (AvgIpc) is 2.55. The second-order valence-corrected chi connectivity index (χ2v) is 4.62. The Labute approximate surface area is 94.0 Å². The number of likely N-dealkylation sites (tertiary alicyclic amines) is 1. The van der Waals surface area contributed by atoms with Crippen molar-refractivity contribution >= 4 is 11.8 Å². The highest BCUT2D eigenvalue weighted by atomic mass is 16.3. The Morgan fingerprint density at radius 1 is 1.19 bits per heavy atom. The van der Waals surface area contributed by atoms with Crippen LogP contribution >= 0.6 is 0 Å². The summed E-state index contributed by atoms with van der Waals surface area (Å²) in [6, 6.07) is 0. The van der Waals surface area contributed by atoms with E-state index in [1.54, 1.807) is 0 Å². The fourth-order valence-corrected chi connectivity index (χ4v) is 2.68. The molecule has 1 heterocycles. The molecule has 16 heavy (non-hydrogen) atoms. The van der Waals surface area contributed by atoms with Crippen LogP contribution in [-0.4, -0.2) is 46.2 Å². The van der Waals surface area contributed by atoms with Crippen molar-refractivity contribution in [1.82, 2.24) is 4.90 Å². The minimum atomic E-state index is -1.02. The third kappa shape index (κ3) is 1.85. The molecule has 1 aliphatic carbocycles. The third-order valence-corrected chi connectivity index (χ3v) is 3.54. The second-order valence-electron chi connectivity index (χ2n) is 4.62. The van der Waals surface area contributed by atoms with Crippen molar-refractivity contribution in [2.45, 2.75) is 31.8 Å². The van der Waals surface area contributed by atoms with E-state index in [1.807, 2.05) is 0 Å². The molecule has 1 saturated carbocycles. The van der Waals surface area contributed by atoms with Crippen LogP contribution in [0.2, 0.25) is 0 Å². The van der Waals surface area contributed by atoms with Gasteiger partial charge >= 0.3 is 0 Å². The summed E-state index contributed by atoms with van der Waals surface area (Å²) in [5.41, 5.74) is 0. The first-order valence-electron chi connectivity index (χ1n) is 5.79. The highest BCUT2D eigenvalue weighted by Crippen LogP contribution is 2.37. The van der Waals surface area contributed by atoms with Crippen molar-refractivity contribution in [1.29, 1.82) is 0 Å². The quantitative estimate of drug-likeness (QED) is 0.638. The fraction of sp³-hybridized carbons (Fsp3) is 0.818. The van der Waals surface area contributed by atoms with Gasteiger partial charge in [-0.05, 0) is 12.8 Å². The Kier molecular flexibility index (Phi) is 3.25. The Morgan fingerprint density at radius 3 is 2.12 bits per heavy atom. The number of β-amino-alcohol motifs (C(OH)–C–C–N with tert-alkyl or cyclic N) is 1. The number of nitrogens with zero attached hydrogens (tertiary/aromatic N) is 1. The van der Waals surface area contributed by atoms with Gasteiger partial charge < -0.3 is 10.2 Å². The van der Waals surface area contributed by atoms with Crippen molar-refractivity contribution in [3.8, 4) is 0 Å². The summed E-state index contributed by atoms with van der Waals surface area (Å²) in [5, 5.41) is 18.0. The second kappa shape index (κ2) is 4.51. The zero-order valence-corrected chi connectivity index (χ0v) is 9.13. The molecule has 3 atom stereocenters. The number of hydrogen-bond donors (Lipinski definition) is 2. The lowest BCUT2D eigenvalue weighted by atomic mass is 9.81. The summed E-state index contributed by atoms with van der Waals surface area (Å²) in [6.45, 7) is -0.492. The Balaban J connectivity index is 2.09. The first kappa shape index (κ1) is 11.5. The van der Waals surface area contributed by atoms with Gasteiger partial charge in [-0.3, -0.25) is 14.5 Å². The van der Waals surface area contributed by atoms with Crippen molar-refractivity contribution in [3.05, 3.63) is 0 Å². The molecule has 1 aliphatic heterocycles. The molecule has 5 heteroatoms. The van der Waals surface area contributed by atoms with E-state index in [9.17, 15) is 14.7 Å². The lowest BCUT2D eigenvalue weighted by Gasteiger charge is -2.19. The summed E-state index contributed by atoms with van der Waals surface area (Å²) >= 11 is 0. The number of hydrogen-bond acceptors (Lipinski definition) is 4. The van der Waals surface area contributed by atoms with Gasteiger partial charge in [-0.2, -0.15) is 0 Å². The maximum Gasteiger partial charge on any atom is 0.233 e. The molecule has 90 valence electrons. The summed E-state index contributed by atoms with van der Waals surface area (Å²) < 4.78 is 0. The van der Waals surface area contributed by atoms with Gasteiger partial charge in [0.25, 0.3) is 0 Å². The summed E-state index contributed by atoms with van der Waals surface area (Å²) in [6.07, 6.45) is 2.53. The van der Waals surface area contributed by atoms with E-state index in [-0.39, 0.29) is 30.2 Å². The van der Waals surface area contributed by atoms with Crippen LogP contribution in [0.15, 0.2) is 0 Å². The fourth-order valence-electron chi connectivity index (χ4n) is 2.68. The van der Waals surface area contributed by atoms with E-state index in [0.717, 1.165) is 30.6 Å². The highest BCUT2D eigenvalue weighted by Gasteiger charge is 2.48. The Hall–Kier alpha value is -0.940. The van der Waals surface area contributed by atoms with Crippen molar-refractivity contribution in [2.24, 2.45) is 11.8 Å². The van der Waals surface area contributed by atoms with Gasteiger partial charge in [-0.25, -0.2) is 0 Å². The molecule has 0 radical (unpaired) electrons. The van der Waals surface area contributed by atoms with E-state index >= 15 is 0 Å². The third-order valence-electron chi connectivity index (χ3n) is 3.54. The molecule has 0 spiro atoms. The molecule has 2 rings (SSSR count). The topological polar surface area (TPSA) is 77.8 Å². The minimum Gasteiger partial charge on any atom is -0.394 e. The number of fused-ring (bicyclic) bond motifs is 1. The molecule has 0 aromatic heterocycles. The lowest BCUT2D eigenvalue weighted by molar-refractivity contribution is -0.141. The molecule has 2 aliphatic rings. The maximum atomic E-state index is 11.9. The number of carbonyl (C=O) groups is 2. The SMILES string of the molecule is O=C1C2CCCCC2C(=O)N1CC(O)CO. The first-order chi connectivity index (χ1) is 7.65. The molecule has 2 amide bonds. The predicted octanol–water partition coefficient (Wildman–Crippen LogP) is -0.485. The largest absolute Gasteiger partial charge is 0.394 e.